The Bertz CT molecular complexity index is 953. The number of fused-ring (bicyclic) bond motifs is 3. The molecule has 1 aromatic heterocycles. The van der Waals surface area contributed by atoms with Gasteiger partial charge in [0.15, 0.2) is 5.13 Å². The topological polar surface area (TPSA) is 88.5 Å². The SMILES string of the molecule is O=C(Nc1ncc(C(=O)O)s1)OCC1c2ccccc2-c2ccccc21. The summed E-state index contributed by atoms with van der Waals surface area (Å²) in [6, 6.07) is 16.2. The molecule has 6 nitrogen and oxygen atoms in total. The van der Waals surface area contributed by atoms with Crippen molar-refractivity contribution in [2.75, 3.05) is 11.9 Å². The van der Waals surface area contributed by atoms with Gasteiger partial charge in [-0.05, 0) is 22.3 Å². The standard InChI is InChI=1S/C19H14N2O4S/c22-17(23)16-9-20-18(26-16)21-19(24)25-10-15-13-7-3-1-5-11(13)12-6-2-4-8-14(12)15/h1-9,15H,10H2,(H,22,23)(H,20,21,24). The predicted octanol–water partition coefficient (Wildman–Crippen LogP) is 4.20. The smallest absolute Gasteiger partial charge is 0.413 e. The van der Waals surface area contributed by atoms with Gasteiger partial charge in [0.25, 0.3) is 0 Å². The lowest BCUT2D eigenvalue weighted by molar-refractivity contribution is 0.0702. The Labute approximate surface area is 153 Å². The molecule has 130 valence electrons. The van der Waals surface area contributed by atoms with Gasteiger partial charge in [-0.2, -0.15) is 0 Å². The molecular formula is C19H14N2O4S. The van der Waals surface area contributed by atoms with Crippen LogP contribution in [0.2, 0.25) is 0 Å². The highest BCUT2D eigenvalue weighted by atomic mass is 32.1. The van der Waals surface area contributed by atoms with Crippen LogP contribution in [0.15, 0.2) is 54.7 Å². The fourth-order valence-electron chi connectivity index (χ4n) is 3.15. The van der Waals surface area contributed by atoms with Crippen molar-refractivity contribution in [2.45, 2.75) is 5.92 Å². The molecule has 2 aromatic carbocycles. The third-order valence-electron chi connectivity index (χ3n) is 4.27. The average molecular weight is 366 g/mol. The third-order valence-corrected chi connectivity index (χ3v) is 5.17. The van der Waals surface area contributed by atoms with Crippen LogP contribution < -0.4 is 5.32 Å². The molecule has 0 saturated heterocycles. The summed E-state index contributed by atoms with van der Waals surface area (Å²) in [6.45, 7) is 0.191. The van der Waals surface area contributed by atoms with Crippen LogP contribution in [-0.4, -0.2) is 28.8 Å². The van der Waals surface area contributed by atoms with Crippen molar-refractivity contribution in [3.05, 3.63) is 70.7 Å². The highest BCUT2D eigenvalue weighted by molar-refractivity contribution is 7.17. The number of ether oxygens (including phenoxy) is 1. The molecule has 0 unspecified atom stereocenters. The second-order valence-electron chi connectivity index (χ2n) is 5.79. The number of anilines is 1. The van der Waals surface area contributed by atoms with E-state index in [1.54, 1.807) is 0 Å². The largest absolute Gasteiger partial charge is 0.477 e. The number of hydrogen-bond donors (Lipinski definition) is 2. The summed E-state index contributed by atoms with van der Waals surface area (Å²) in [5.41, 5.74) is 4.57. The van der Waals surface area contributed by atoms with E-state index < -0.39 is 12.1 Å². The molecule has 3 aromatic rings. The van der Waals surface area contributed by atoms with Gasteiger partial charge in [-0.3, -0.25) is 5.32 Å². The number of hydrogen-bond acceptors (Lipinski definition) is 5. The van der Waals surface area contributed by atoms with Crippen molar-refractivity contribution in [2.24, 2.45) is 0 Å². The number of rotatable bonds is 4. The highest BCUT2D eigenvalue weighted by Crippen LogP contribution is 2.44. The molecule has 0 atom stereocenters. The Morgan fingerprint density at radius 3 is 2.27 bits per heavy atom. The normalized spacial score (nSPS) is 12.3. The second kappa shape index (κ2) is 6.61. The van der Waals surface area contributed by atoms with Gasteiger partial charge in [-0.25, -0.2) is 14.6 Å². The summed E-state index contributed by atoms with van der Waals surface area (Å²) < 4.78 is 5.38. The Morgan fingerprint density at radius 1 is 1.08 bits per heavy atom. The Balaban J connectivity index is 1.47. The van der Waals surface area contributed by atoms with Crippen LogP contribution in [0.1, 0.15) is 26.7 Å². The quantitative estimate of drug-likeness (QED) is 0.722. The lowest BCUT2D eigenvalue weighted by Gasteiger charge is -2.14. The maximum atomic E-state index is 12.1. The Hall–Kier alpha value is -3.19. The zero-order chi connectivity index (χ0) is 18.1. The van der Waals surface area contributed by atoms with Crippen LogP contribution in [0.5, 0.6) is 0 Å². The van der Waals surface area contributed by atoms with Gasteiger partial charge in [0.2, 0.25) is 0 Å². The van der Waals surface area contributed by atoms with E-state index >= 15 is 0 Å². The fraction of sp³-hybridized carbons (Fsp3) is 0.105. The van der Waals surface area contributed by atoms with E-state index in [2.05, 4.69) is 22.4 Å². The highest BCUT2D eigenvalue weighted by Gasteiger charge is 2.29. The summed E-state index contributed by atoms with van der Waals surface area (Å²) >= 11 is 0.882. The first kappa shape index (κ1) is 16.3. The lowest BCUT2D eigenvalue weighted by Crippen LogP contribution is -2.17. The number of benzene rings is 2. The molecule has 0 radical (unpaired) electrons. The second-order valence-corrected chi connectivity index (χ2v) is 6.82. The Kier molecular flexibility index (Phi) is 4.14. The van der Waals surface area contributed by atoms with Crippen molar-refractivity contribution in [3.8, 4) is 11.1 Å². The van der Waals surface area contributed by atoms with Crippen molar-refractivity contribution in [1.82, 2.24) is 4.98 Å². The van der Waals surface area contributed by atoms with Gasteiger partial charge >= 0.3 is 12.1 Å². The number of carbonyl (C=O) groups is 2. The minimum absolute atomic E-state index is 0.0287. The molecule has 26 heavy (non-hydrogen) atoms. The number of aromatic nitrogens is 1. The molecular weight excluding hydrogens is 352 g/mol. The maximum Gasteiger partial charge on any atom is 0.413 e. The van der Waals surface area contributed by atoms with Crippen molar-refractivity contribution in [3.63, 3.8) is 0 Å². The van der Waals surface area contributed by atoms with Crippen LogP contribution in [-0.2, 0) is 4.74 Å². The van der Waals surface area contributed by atoms with E-state index in [4.69, 9.17) is 9.84 Å². The minimum atomic E-state index is -1.08. The summed E-state index contributed by atoms with van der Waals surface area (Å²) in [4.78, 5) is 26.8. The molecule has 4 rings (SSSR count). The summed E-state index contributed by atoms with van der Waals surface area (Å²) in [5, 5.41) is 11.6. The van der Waals surface area contributed by atoms with Gasteiger partial charge in [-0.15, -0.1) is 0 Å². The number of nitrogens with one attached hydrogen (secondary N) is 1. The van der Waals surface area contributed by atoms with Gasteiger partial charge in [0.05, 0.1) is 6.20 Å². The van der Waals surface area contributed by atoms with Crippen molar-refractivity contribution < 1.29 is 19.4 Å². The minimum Gasteiger partial charge on any atom is -0.477 e. The van der Waals surface area contributed by atoms with E-state index in [0.29, 0.717) is 0 Å². The van der Waals surface area contributed by atoms with E-state index in [1.807, 2.05) is 36.4 Å². The number of carboxylic acid groups (broad SMARTS) is 1. The van der Waals surface area contributed by atoms with Gasteiger partial charge in [0, 0.05) is 5.92 Å². The van der Waals surface area contributed by atoms with Gasteiger partial charge in [0.1, 0.15) is 11.5 Å². The monoisotopic (exact) mass is 366 g/mol. The van der Waals surface area contributed by atoms with Crippen molar-refractivity contribution >= 4 is 28.5 Å². The molecule has 0 fully saturated rings. The molecule has 1 heterocycles. The molecule has 7 heteroatoms. The number of thiazole rings is 1. The molecule has 0 saturated carbocycles. The predicted molar refractivity (Wildman–Crippen MR) is 97.8 cm³/mol. The molecule has 1 amide bonds. The average Bonchev–Trinajstić information content (AvgIpc) is 3.23. The molecule has 0 spiro atoms. The Morgan fingerprint density at radius 2 is 1.69 bits per heavy atom. The van der Waals surface area contributed by atoms with Crippen LogP contribution in [0.4, 0.5) is 9.93 Å². The van der Waals surface area contributed by atoms with Crippen molar-refractivity contribution in [1.29, 1.82) is 0 Å². The summed E-state index contributed by atoms with van der Waals surface area (Å²) in [5.74, 6) is -1.11. The van der Waals surface area contributed by atoms with E-state index in [1.165, 1.54) is 6.20 Å². The van der Waals surface area contributed by atoms with Crippen LogP contribution in [0.3, 0.4) is 0 Å². The van der Waals surface area contributed by atoms with E-state index in [-0.39, 0.29) is 22.5 Å². The molecule has 1 aliphatic rings. The summed E-state index contributed by atoms with van der Waals surface area (Å²) in [6.07, 6.45) is 0.546. The van der Waals surface area contributed by atoms with Crippen LogP contribution >= 0.6 is 11.3 Å². The number of aromatic carboxylic acids is 1. The molecule has 2 N–H and O–H groups in total. The van der Waals surface area contributed by atoms with E-state index in [9.17, 15) is 9.59 Å². The first-order valence-corrected chi connectivity index (χ1v) is 8.76. The third kappa shape index (κ3) is 2.93. The molecule has 0 bridgehead atoms. The number of nitrogens with zero attached hydrogens (tertiary/aromatic N) is 1. The number of amides is 1. The lowest BCUT2D eigenvalue weighted by atomic mass is 9.98. The van der Waals surface area contributed by atoms with Gasteiger partial charge < -0.3 is 9.84 Å². The van der Waals surface area contributed by atoms with Crippen LogP contribution in [0, 0.1) is 0 Å². The zero-order valence-corrected chi connectivity index (χ0v) is 14.3. The first-order valence-electron chi connectivity index (χ1n) is 7.94. The van der Waals surface area contributed by atoms with E-state index in [0.717, 1.165) is 33.6 Å². The molecule has 1 aliphatic carbocycles. The maximum absolute atomic E-state index is 12.1. The zero-order valence-electron chi connectivity index (χ0n) is 13.5. The van der Waals surface area contributed by atoms with Gasteiger partial charge in [-0.1, -0.05) is 59.9 Å². The number of carbonyl (C=O) groups excluding carboxylic acids is 1. The fourth-order valence-corrected chi connectivity index (χ4v) is 3.79. The summed E-state index contributed by atoms with van der Waals surface area (Å²) in [7, 11) is 0. The van der Waals surface area contributed by atoms with Crippen LogP contribution in [0.25, 0.3) is 11.1 Å². The first-order chi connectivity index (χ1) is 12.6. The number of carboxylic acids is 1. The molecule has 0 aliphatic heterocycles.